The Morgan fingerprint density at radius 2 is 1.89 bits per heavy atom. The summed E-state index contributed by atoms with van der Waals surface area (Å²) >= 11 is 0. The van der Waals surface area contributed by atoms with Gasteiger partial charge in [0.05, 0.1) is 0 Å². The third-order valence-corrected chi connectivity index (χ3v) is 3.05. The number of furan rings is 1. The molecule has 1 aromatic heterocycles. The first-order valence-corrected chi connectivity index (χ1v) is 6.35. The van der Waals surface area contributed by atoms with Crippen molar-refractivity contribution in [3.05, 3.63) is 47.7 Å². The number of hydrogen-bond donors (Lipinski definition) is 0. The van der Waals surface area contributed by atoms with E-state index in [-0.39, 0.29) is 5.78 Å². The van der Waals surface area contributed by atoms with Crippen molar-refractivity contribution in [3.63, 3.8) is 0 Å². The minimum atomic E-state index is 0.0447. The van der Waals surface area contributed by atoms with Gasteiger partial charge in [-0.05, 0) is 23.6 Å². The Balaban J connectivity index is 2.43. The number of Topliss-reactive ketones (excluding diaryl/α,β-unsaturated/α-hetero) is 1. The second-order valence-electron chi connectivity index (χ2n) is 4.68. The number of ketones is 1. The summed E-state index contributed by atoms with van der Waals surface area (Å²) in [5.74, 6) is 1.70. The number of hydrogen-bond acceptors (Lipinski definition) is 2. The third-order valence-electron chi connectivity index (χ3n) is 3.05. The van der Waals surface area contributed by atoms with Gasteiger partial charge in [0, 0.05) is 12.0 Å². The Morgan fingerprint density at radius 3 is 2.56 bits per heavy atom. The van der Waals surface area contributed by atoms with E-state index in [0.717, 1.165) is 11.3 Å². The van der Waals surface area contributed by atoms with Crippen molar-refractivity contribution in [2.75, 3.05) is 0 Å². The van der Waals surface area contributed by atoms with E-state index in [0.29, 0.717) is 18.1 Å². The van der Waals surface area contributed by atoms with Crippen LogP contribution >= 0.6 is 0 Å². The quantitative estimate of drug-likeness (QED) is 0.730. The first-order valence-electron chi connectivity index (χ1n) is 6.35. The molecular weight excluding hydrogens is 224 g/mol. The summed E-state index contributed by atoms with van der Waals surface area (Å²) in [5.41, 5.74) is 2.31. The molecule has 1 heterocycles. The fourth-order valence-electron chi connectivity index (χ4n) is 2.03. The predicted octanol–water partition coefficient (Wildman–Crippen LogP) is 4.66. The van der Waals surface area contributed by atoms with Crippen LogP contribution in [0, 0.1) is 0 Å². The Kier molecular flexibility index (Phi) is 3.66. The Hall–Kier alpha value is -1.83. The predicted molar refractivity (Wildman–Crippen MR) is 72.9 cm³/mol. The lowest BCUT2D eigenvalue weighted by Crippen LogP contribution is -1.93. The van der Waals surface area contributed by atoms with Crippen LogP contribution in [0.1, 0.15) is 49.2 Å². The van der Waals surface area contributed by atoms with Crippen molar-refractivity contribution < 1.29 is 9.21 Å². The Labute approximate surface area is 108 Å². The zero-order valence-electron chi connectivity index (χ0n) is 11.1. The van der Waals surface area contributed by atoms with Gasteiger partial charge in [0.25, 0.3) is 0 Å². The second-order valence-corrected chi connectivity index (χ2v) is 4.68. The second kappa shape index (κ2) is 5.21. The molecule has 0 amide bonds. The average Bonchev–Trinajstić information content (AvgIpc) is 2.87. The standard InChI is InChI=1S/C16H18O2/c1-4-14(17)16-10-9-15(18-16)13-8-6-5-7-12(13)11(2)3/h5-11H,4H2,1-3H3. The molecule has 0 aliphatic carbocycles. The first kappa shape index (κ1) is 12.6. The van der Waals surface area contributed by atoms with Crippen LogP contribution in [0.15, 0.2) is 40.8 Å². The molecule has 0 atom stereocenters. The van der Waals surface area contributed by atoms with E-state index in [4.69, 9.17) is 4.42 Å². The largest absolute Gasteiger partial charge is 0.453 e. The summed E-state index contributed by atoms with van der Waals surface area (Å²) in [6.45, 7) is 6.15. The molecule has 2 aromatic rings. The molecule has 2 rings (SSSR count). The van der Waals surface area contributed by atoms with Crippen LogP contribution in [0.4, 0.5) is 0 Å². The molecule has 1 aromatic carbocycles. The minimum absolute atomic E-state index is 0.0447. The maximum atomic E-state index is 11.6. The number of carbonyl (C=O) groups excluding carboxylic acids is 1. The molecule has 0 spiro atoms. The monoisotopic (exact) mass is 242 g/mol. The molecule has 0 aliphatic heterocycles. The normalized spacial score (nSPS) is 10.9. The van der Waals surface area contributed by atoms with Crippen molar-refractivity contribution in [2.45, 2.75) is 33.1 Å². The number of benzene rings is 1. The summed E-state index contributed by atoms with van der Waals surface area (Å²) in [6, 6.07) is 11.8. The molecule has 18 heavy (non-hydrogen) atoms. The highest BCUT2D eigenvalue weighted by molar-refractivity contribution is 5.93. The molecule has 2 heteroatoms. The van der Waals surface area contributed by atoms with E-state index in [2.05, 4.69) is 19.9 Å². The van der Waals surface area contributed by atoms with Crippen LogP contribution in [0.3, 0.4) is 0 Å². The van der Waals surface area contributed by atoms with Crippen LogP contribution in [0.2, 0.25) is 0 Å². The lowest BCUT2D eigenvalue weighted by atomic mass is 9.96. The molecule has 0 saturated heterocycles. The van der Waals surface area contributed by atoms with Crippen LogP contribution in [-0.2, 0) is 0 Å². The van der Waals surface area contributed by atoms with Crippen molar-refractivity contribution in [2.24, 2.45) is 0 Å². The fourth-order valence-corrected chi connectivity index (χ4v) is 2.03. The summed E-state index contributed by atoms with van der Waals surface area (Å²) < 4.78 is 5.66. The maximum absolute atomic E-state index is 11.6. The Bertz CT molecular complexity index is 550. The van der Waals surface area contributed by atoms with Crippen molar-refractivity contribution in [1.82, 2.24) is 0 Å². The van der Waals surface area contributed by atoms with Crippen molar-refractivity contribution in [3.8, 4) is 11.3 Å². The topological polar surface area (TPSA) is 30.2 Å². The molecule has 0 saturated carbocycles. The van der Waals surface area contributed by atoms with E-state index in [1.165, 1.54) is 5.56 Å². The van der Waals surface area contributed by atoms with E-state index in [9.17, 15) is 4.79 Å². The summed E-state index contributed by atoms with van der Waals surface area (Å²) in [7, 11) is 0. The molecular formula is C16H18O2. The summed E-state index contributed by atoms with van der Waals surface area (Å²) in [5, 5.41) is 0. The van der Waals surface area contributed by atoms with E-state index in [1.54, 1.807) is 6.07 Å². The van der Waals surface area contributed by atoms with Crippen LogP contribution in [0.5, 0.6) is 0 Å². The van der Waals surface area contributed by atoms with Crippen molar-refractivity contribution >= 4 is 5.78 Å². The highest BCUT2D eigenvalue weighted by Crippen LogP contribution is 2.30. The van der Waals surface area contributed by atoms with Gasteiger partial charge in [-0.1, -0.05) is 45.0 Å². The first-order chi connectivity index (χ1) is 8.63. The number of rotatable bonds is 4. The SMILES string of the molecule is CCC(=O)c1ccc(-c2ccccc2C(C)C)o1. The summed E-state index contributed by atoms with van der Waals surface area (Å²) in [6.07, 6.45) is 0.471. The maximum Gasteiger partial charge on any atom is 0.197 e. The van der Waals surface area contributed by atoms with Gasteiger partial charge in [0.1, 0.15) is 5.76 Å². The molecule has 0 unspecified atom stereocenters. The smallest absolute Gasteiger partial charge is 0.197 e. The highest BCUT2D eigenvalue weighted by atomic mass is 16.3. The van der Waals surface area contributed by atoms with Crippen LogP contribution < -0.4 is 0 Å². The lowest BCUT2D eigenvalue weighted by molar-refractivity contribution is 0.0962. The third kappa shape index (κ3) is 2.37. The van der Waals surface area contributed by atoms with Gasteiger partial charge in [0.2, 0.25) is 0 Å². The minimum Gasteiger partial charge on any atom is -0.453 e. The van der Waals surface area contributed by atoms with Gasteiger partial charge in [-0.3, -0.25) is 4.79 Å². The zero-order chi connectivity index (χ0) is 13.1. The van der Waals surface area contributed by atoms with E-state index < -0.39 is 0 Å². The molecule has 0 aliphatic rings. The van der Waals surface area contributed by atoms with Gasteiger partial charge in [0.15, 0.2) is 11.5 Å². The summed E-state index contributed by atoms with van der Waals surface area (Å²) in [4.78, 5) is 11.6. The van der Waals surface area contributed by atoms with Gasteiger partial charge >= 0.3 is 0 Å². The molecule has 94 valence electrons. The lowest BCUT2D eigenvalue weighted by Gasteiger charge is -2.10. The van der Waals surface area contributed by atoms with E-state index in [1.807, 2.05) is 31.2 Å². The van der Waals surface area contributed by atoms with Gasteiger partial charge in [-0.2, -0.15) is 0 Å². The van der Waals surface area contributed by atoms with Crippen molar-refractivity contribution in [1.29, 1.82) is 0 Å². The molecule has 2 nitrogen and oxygen atoms in total. The van der Waals surface area contributed by atoms with Gasteiger partial charge in [-0.25, -0.2) is 0 Å². The van der Waals surface area contributed by atoms with Gasteiger partial charge in [-0.15, -0.1) is 0 Å². The van der Waals surface area contributed by atoms with Crippen LogP contribution in [0.25, 0.3) is 11.3 Å². The molecule has 0 fully saturated rings. The van der Waals surface area contributed by atoms with Gasteiger partial charge < -0.3 is 4.42 Å². The number of carbonyl (C=O) groups is 1. The highest BCUT2D eigenvalue weighted by Gasteiger charge is 2.13. The van der Waals surface area contributed by atoms with E-state index >= 15 is 0 Å². The fraction of sp³-hybridized carbons (Fsp3) is 0.312. The molecule has 0 radical (unpaired) electrons. The molecule has 0 N–H and O–H groups in total. The average molecular weight is 242 g/mol. The zero-order valence-corrected chi connectivity index (χ0v) is 11.1. The van der Waals surface area contributed by atoms with Crippen LogP contribution in [-0.4, -0.2) is 5.78 Å². The Morgan fingerprint density at radius 1 is 1.17 bits per heavy atom. The molecule has 0 bridgehead atoms.